The van der Waals surface area contributed by atoms with Crippen molar-refractivity contribution in [2.24, 2.45) is 7.05 Å². The molecule has 3 heteroatoms. The predicted octanol–water partition coefficient (Wildman–Crippen LogP) is 3.84. The number of methoxy groups -OCH3 is 1. The molecule has 0 fully saturated rings. The standard InChI is InChI=1S/C17H14N2O/c1-19-16-11(6-5-9-15(16)20-2)10-14-17(19)12-7-3-4-8-13(12)18-14/h3-10H,1-2H3. The number of aryl methyl sites for hydroxylation is 1. The van der Waals surface area contributed by atoms with Gasteiger partial charge in [-0.3, -0.25) is 0 Å². The van der Waals surface area contributed by atoms with E-state index in [9.17, 15) is 0 Å². The maximum Gasteiger partial charge on any atom is 0.143 e. The lowest BCUT2D eigenvalue weighted by atomic mass is 10.1. The SMILES string of the molecule is COc1cccc2cc3nc4ccccc4c-3n(C)c12. The molecule has 0 aromatic heterocycles. The lowest BCUT2D eigenvalue weighted by molar-refractivity contribution is 0.418. The topological polar surface area (TPSA) is 27.1 Å². The van der Waals surface area contributed by atoms with E-state index in [1.807, 2.05) is 18.2 Å². The lowest BCUT2D eigenvalue weighted by Gasteiger charge is -2.14. The summed E-state index contributed by atoms with van der Waals surface area (Å²) in [5, 5.41) is 2.32. The quantitative estimate of drug-likeness (QED) is 0.521. The van der Waals surface area contributed by atoms with Crippen LogP contribution in [0.4, 0.5) is 0 Å². The number of para-hydroxylation sites is 2. The van der Waals surface area contributed by atoms with Crippen LogP contribution in [0.25, 0.3) is 33.2 Å². The second kappa shape index (κ2) is 3.97. The minimum atomic E-state index is 0.886. The van der Waals surface area contributed by atoms with Crippen LogP contribution in [0.2, 0.25) is 0 Å². The zero-order valence-electron chi connectivity index (χ0n) is 11.4. The van der Waals surface area contributed by atoms with Gasteiger partial charge in [0.1, 0.15) is 5.75 Å². The van der Waals surface area contributed by atoms with E-state index in [0.717, 1.165) is 33.6 Å². The molecule has 0 saturated heterocycles. The van der Waals surface area contributed by atoms with E-state index in [1.54, 1.807) is 7.11 Å². The third-order valence-electron chi connectivity index (χ3n) is 3.86. The van der Waals surface area contributed by atoms with Crippen LogP contribution in [-0.2, 0) is 7.05 Å². The van der Waals surface area contributed by atoms with Gasteiger partial charge in [-0.15, -0.1) is 0 Å². The summed E-state index contributed by atoms with van der Waals surface area (Å²) in [7, 11) is 3.78. The highest BCUT2D eigenvalue weighted by Crippen LogP contribution is 2.36. The molecule has 4 rings (SSSR count). The molecule has 98 valence electrons. The zero-order valence-corrected chi connectivity index (χ0v) is 11.4. The molecule has 20 heavy (non-hydrogen) atoms. The first-order valence-corrected chi connectivity index (χ1v) is 6.60. The second-order valence-corrected chi connectivity index (χ2v) is 4.96. The number of nitrogens with zero attached hydrogens (tertiary/aromatic N) is 2. The van der Waals surface area contributed by atoms with Crippen LogP contribution in [0.3, 0.4) is 0 Å². The molecule has 0 radical (unpaired) electrons. The van der Waals surface area contributed by atoms with Gasteiger partial charge >= 0.3 is 0 Å². The molecular formula is C17H14N2O. The highest BCUT2D eigenvalue weighted by molar-refractivity contribution is 6.01. The van der Waals surface area contributed by atoms with Gasteiger partial charge in [-0.2, -0.15) is 0 Å². The number of pyridine rings is 1. The summed E-state index contributed by atoms with van der Waals surface area (Å²) in [6.07, 6.45) is 0. The van der Waals surface area contributed by atoms with Gasteiger partial charge < -0.3 is 9.30 Å². The zero-order chi connectivity index (χ0) is 13.7. The molecule has 2 aromatic carbocycles. The fraction of sp³-hybridized carbons (Fsp3) is 0.118. The number of fused-ring (bicyclic) bond motifs is 4. The number of hydrogen-bond acceptors (Lipinski definition) is 2. The van der Waals surface area contributed by atoms with Crippen molar-refractivity contribution in [3.8, 4) is 17.1 Å². The molecule has 0 amide bonds. The molecule has 0 spiro atoms. The fourth-order valence-corrected chi connectivity index (χ4v) is 2.98. The summed E-state index contributed by atoms with van der Waals surface area (Å²) < 4.78 is 7.68. The molecule has 0 atom stereocenters. The maximum absolute atomic E-state index is 5.50. The summed E-state index contributed by atoms with van der Waals surface area (Å²) >= 11 is 0. The van der Waals surface area contributed by atoms with Crippen molar-refractivity contribution in [3.05, 3.63) is 48.5 Å². The third-order valence-corrected chi connectivity index (χ3v) is 3.86. The van der Waals surface area contributed by atoms with Crippen molar-refractivity contribution in [1.82, 2.24) is 9.55 Å². The number of rotatable bonds is 1. The Morgan fingerprint density at radius 1 is 1.05 bits per heavy atom. The molecular weight excluding hydrogens is 248 g/mol. The minimum Gasteiger partial charge on any atom is -0.495 e. The first-order chi connectivity index (χ1) is 9.79. The van der Waals surface area contributed by atoms with Crippen molar-refractivity contribution in [1.29, 1.82) is 0 Å². The highest BCUT2D eigenvalue weighted by atomic mass is 16.5. The second-order valence-electron chi connectivity index (χ2n) is 4.96. The monoisotopic (exact) mass is 262 g/mol. The molecule has 2 aliphatic rings. The Bertz CT molecular complexity index is 908. The molecule has 0 aliphatic carbocycles. The smallest absolute Gasteiger partial charge is 0.143 e. The average molecular weight is 262 g/mol. The van der Waals surface area contributed by atoms with Crippen LogP contribution in [0, 0.1) is 0 Å². The van der Waals surface area contributed by atoms with Crippen LogP contribution in [0.1, 0.15) is 0 Å². The Kier molecular flexibility index (Phi) is 2.24. The van der Waals surface area contributed by atoms with Gasteiger partial charge in [0.2, 0.25) is 0 Å². The summed E-state index contributed by atoms with van der Waals surface area (Å²) in [6, 6.07) is 16.5. The van der Waals surface area contributed by atoms with E-state index in [-0.39, 0.29) is 0 Å². The summed E-state index contributed by atoms with van der Waals surface area (Å²) in [6.45, 7) is 0. The largest absolute Gasteiger partial charge is 0.495 e. The molecule has 0 saturated carbocycles. The van der Waals surface area contributed by atoms with E-state index >= 15 is 0 Å². The van der Waals surface area contributed by atoms with Gasteiger partial charge in [0, 0.05) is 17.8 Å². The number of hydrogen-bond donors (Lipinski definition) is 0. The summed E-state index contributed by atoms with van der Waals surface area (Å²) in [5.41, 5.74) is 4.31. The normalized spacial score (nSPS) is 11.5. The Labute approximate surface area is 116 Å². The molecule has 2 aliphatic heterocycles. The lowest BCUT2D eigenvalue weighted by Crippen LogP contribution is -2.00. The van der Waals surface area contributed by atoms with Gasteiger partial charge in [0.05, 0.1) is 29.5 Å². The van der Waals surface area contributed by atoms with Gasteiger partial charge in [-0.05, 0) is 18.2 Å². The third kappa shape index (κ3) is 1.37. The minimum absolute atomic E-state index is 0.886. The van der Waals surface area contributed by atoms with Gasteiger partial charge in [-0.25, -0.2) is 4.98 Å². The first kappa shape index (κ1) is 11.3. The summed E-state index contributed by atoms with van der Waals surface area (Å²) in [4.78, 5) is 4.72. The van der Waals surface area contributed by atoms with E-state index in [2.05, 4.69) is 41.9 Å². The highest BCUT2D eigenvalue weighted by Gasteiger charge is 2.17. The van der Waals surface area contributed by atoms with Crippen molar-refractivity contribution >= 4 is 21.8 Å². The van der Waals surface area contributed by atoms with Crippen LogP contribution < -0.4 is 4.74 Å². The molecule has 3 nitrogen and oxygen atoms in total. The van der Waals surface area contributed by atoms with Crippen LogP contribution in [-0.4, -0.2) is 16.7 Å². The van der Waals surface area contributed by atoms with Crippen molar-refractivity contribution in [3.63, 3.8) is 0 Å². The first-order valence-electron chi connectivity index (χ1n) is 6.60. The van der Waals surface area contributed by atoms with Crippen molar-refractivity contribution in [2.45, 2.75) is 0 Å². The van der Waals surface area contributed by atoms with Gasteiger partial charge in [0.25, 0.3) is 0 Å². The van der Waals surface area contributed by atoms with E-state index < -0.39 is 0 Å². The fourth-order valence-electron chi connectivity index (χ4n) is 2.98. The molecule has 0 unspecified atom stereocenters. The number of benzene rings is 2. The van der Waals surface area contributed by atoms with E-state index in [1.165, 1.54) is 5.39 Å². The Hall–Kier alpha value is -2.55. The van der Waals surface area contributed by atoms with Crippen molar-refractivity contribution in [2.75, 3.05) is 7.11 Å². The number of aromatic nitrogens is 2. The Morgan fingerprint density at radius 2 is 1.90 bits per heavy atom. The average Bonchev–Trinajstić information content (AvgIpc) is 2.85. The van der Waals surface area contributed by atoms with Gasteiger partial charge in [-0.1, -0.05) is 30.3 Å². The van der Waals surface area contributed by atoms with Gasteiger partial charge in [0.15, 0.2) is 0 Å². The number of ether oxygens (including phenoxy) is 1. The van der Waals surface area contributed by atoms with Crippen molar-refractivity contribution < 1.29 is 4.74 Å². The van der Waals surface area contributed by atoms with Crippen LogP contribution in [0.15, 0.2) is 48.5 Å². The van der Waals surface area contributed by atoms with Crippen LogP contribution >= 0.6 is 0 Å². The molecule has 2 aromatic rings. The maximum atomic E-state index is 5.50. The summed E-state index contributed by atoms with van der Waals surface area (Å²) in [5.74, 6) is 0.886. The predicted molar refractivity (Wildman–Crippen MR) is 81.4 cm³/mol. The van der Waals surface area contributed by atoms with E-state index in [0.29, 0.717) is 0 Å². The molecule has 0 N–H and O–H groups in total. The Balaban J connectivity index is 2.27. The van der Waals surface area contributed by atoms with Crippen LogP contribution in [0.5, 0.6) is 5.75 Å². The Morgan fingerprint density at radius 3 is 2.75 bits per heavy atom. The molecule has 0 bridgehead atoms. The van der Waals surface area contributed by atoms with E-state index in [4.69, 9.17) is 9.72 Å². The molecule has 2 heterocycles.